The molecule has 118 valence electrons. The van der Waals surface area contributed by atoms with Crippen LogP contribution in [0.15, 0.2) is 29.4 Å². The molecule has 0 unspecified atom stereocenters. The second-order valence-corrected chi connectivity index (χ2v) is 7.76. The van der Waals surface area contributed by atoms with Gasteiger partial charge in [-0.1, -0.05) is 35.0 Å². The number of rotatable bonds is 2. The molecule has 1 amide bonds. The number of halogens is 1. The molecule has 0 radical (unpaired) electrons. The summed E-state index contributed by atoms with van der Waals surface area (Å²) in [7, 11) is -0.813. The van der Waals surface area contributed by atoms with Gasteiger partial charge in [-0.15, -0.1) is 0 Å². The Morgan fingerprint density at radius 1 is 1.36 bits per heavy atom. The predicted molar refractivity (Wildman–Crippen MR) is 86.6 cm³/mol. The summed E-state index contributed by atoms with van der Waals surface area (Å²) in [6.07, 6.45) is 0.384. The second kappa shape index (κ2) is 6.01. The molecular weight excluding hydrogens is 324 g/mol. The van der Waals surface area contributed by atoms with Gasteiger partial charge < -0.3 is 9.74 Å². The SMILES string of the molecule is C[C@@]1(C(=O)N2CCS(=O)CC2)CC(c2ccccc2Cl)=NO1. The Morgan fingerprint density at radius 2 is 2.05 bits per heavy atom. The van der Waals surface area contributed by atoms with Crippen LogP contribution in [0.3, 0.4) is 0 Å². The van der Waals surface area contributed by atoms with Crippen molar-refractivity contribution in [3.8, 4) is 0 Å². The third-order valence-electron chi connectivity index (χ3n) is 3.96. The predicted octanol–water partition coefficient (Wildman–Crippen LogP) is 1.81. The molecule has 3 rings (SSSR count). The average Bonchev–Trinajstić information content (AvgIpc) is 2.91. The van der Waals surface area contributed by atoms with E-state index in [0.717, 1.165) is 5.56 Å². The van der Waals surface area contributed by atoms with Crippen LogP contribution in [-0.2, 0) is 20.4 Å². The maximum Gasteiger partial charge on any atom is 0.269 e. The fraction of sp³-hybridized carbons (Fsp3) is 0.467. The number of benzene rings is 1. The molecule has 1 atom stereocenters. The van der Waals surface area contributed by atoms with Crippen LogP contribution < -0.4 is 0 Å². The van der Waals surface area contributed by atoms with Gasteiger partial charge in [0.1, 0.15) is 0 Å². The van der Waals surface area contributed by atoms with E-state index in [1.54, 1.807) is 17.9 Å². The first-order valence-electron chi connectivity index (χ1n) is 7.14. The van der Waals surface area contributed by atoms with Crippen LogP contribution in [0.2, 0.25) is 5.02 Å². The van der Waals surface area contributed by atoms with Crippen molar-refractivity contribution >= 4 is 34.0 Å². The highest BCUT2D eigenvalue weighted by Crippen LogP contribution is 2.31. The zero-order valence-corrected chi connectivity index (χ0v) is 13.8. The lowest BCUT2D eigenvalue weighted by Crippen LogP contribution is -2.51. The summed E-state index contributed by atoms with van der Waals surface area (Å²) in [6.45, 7) is 2.76. The molecular formula is C15H17ClN2O3S. The quantitative estimate of drug-likeness (QED) is 0.825. The maximum atomic E-state index is 12.7. The highest BCUT2D eigenvalue weighted by atomic mass is 35.5. The minimum Gasteiger partial charge on any atom is -0.379 e. The van der Waals surface area contributed by atoms with E-state index in [1.165, 1.54) is 0 Å². The van der Waals surface area contributed by atoms with Crippen LogP contribution in [0.4, 0.5) is 0 Å². The average molecular weight is 341 g/mol. The number of hydrogen-bond acceptors (Lipinski definition) is 4. The monoisotopic (exact) mass is 340 g/mol. The smallest absolute Gasteiger partial charge is 0.269 e. The molecule has 2 aliphatic rings. The highest BCUT2D eigenvalue weighted by molar-refractivity contribution is 7.85. The topological polar surface area (TPSA) is 59.0 Å². The Kier molecular flexibility index (Phi) is 4.23. The Balaban J connectivity index is 1.73. The van der Waals surface area contributed by atoms with Crippen molar-refractivity contribution in [2.45, 2.75) is 18.9 Å². The molecule has 0 aromatic heterocycles. The first-order valence-corrected chi connectivity index (χ1v) is 9.00. The van der Waals surface area contributed by atoms with Crippen LogP contribution in [0.25, 0.3) is 0 Å². The molecule has 22 heavy (non-hydrogen) atoms. The summed E-state index contributed by atoms with van der Waals surface area (Å²) in [5, 5.41) is 4.67. The van der Waals surface area contributed by atoms with Crippen molar-refractivity contribution in [1.82, 2.24) is 4.90 Å². The van der Waals surface area contributed by atoms with Crippen molar-refractivity contribution < 1.29 is 13.8 Å². The number of amides is 1. The van der Waals surface area contributed by atoms with Crippen LogP contribution >= 0.6 is 11.6 Å². The van der Waals surface area contributed by atoms with E-state index in [9.17, 15) is 9.00 Å². The molecule has 2 aliphatic heterocycles. The summed E-state index contributed by atoms with van der Waals surface area (Å²) >= 11 is 6.18. The third kappa shape index (κ3) is 2.90. The molecule has 1 aromatic carbocycles. The summed E-state index contributed by atoms with van der Waals surface area (Å²) < 4.78 is 11.4. The van der Waals surface area contributed by atoms with Gasteiger partial charge in [0.15, 0.2) is 0 Å². The van der Waals surface area contributed by atoms with E-state index < -0.39 is 16.4 Å². The molecule has 1 aromatic rings. The molecule has 0 saturated carbocycles. The number of nitrogens with zero attached hydrogens (tertiary/aromatic N) is 2. The Morgan fingerprint density at radius 3 is 2.73 bits per heavy atom. The number of hydrogen-bond donors (Lipinski definition) is 0. The van der Waals surface area contributed by atoms with Crippen molar-refractivity contribution in [3.05, 3.63) is 34.9 Å². The summed E-state index contributed by atoms with van der Waals surface area (Å²) in [5.41, 5.74) is 0.468. The van der Waals surface area contributed by atoms with E-state index in [-0.39, 0.29) is 5.91 Å². The fourth-order valence-electron chi connectivity index (χ4n) is 2.67. The first-order chi connectivity index (χ1) is 10.5. The van der Waals surface area contributed by atoms with Crippen molar-refractivity contribution in [2.24, 2.45) is 5.16 Å². The van der Waals surface area contributed by atoms with Gasteiger partial charge in [-0.2, -0.15) is 0 Å². The van der Waals surface area contributed by atoms with E-state index in [2.05, 4.69) is 5.16 Å². The van der Waals surface area contributed by atoms with Gasteiger partial charge in [0.05, 0.1) is 5.71 Å². The van der Waals surface area contributed by atoms with E-state index in [1.807, 2.05) is 18.2 Å². The summed E-state index contributed by atoms with van der Waals surface area (Å²) in [4.78, 5) is 19.9. The minimum atomic E-state index is -1.01. The lowest BCUT2D eigenvalue weighted by molar-refractivity contribution is -0.152. The van der Waals surface area contributed by atoms with Gasteiger partial charge in [-0.25, -0.2) is 0 Å². The number of oxime groups is 1. The van der Waals surface area contributed by atoms with E-state index in [4.69, 9.17) is 16.4 Å². The normalized spacial score (nSPS) is 25.7. The molecule has 0 bridgehead atoms. The standard InChI is InChI=1S/C15H17ClN2O3S/c1-15(14(19)18-6-8-22(20)9-7-18)10-13(17-21-15)11-4-2-3-5-12(11)16/h2-5H,6-10H2,1H3/t15-/m0/s1. The lowest BCUT2D eigenvalue weighted by Gasteiger charge is -2.32. The molecule has 0 N–H and O–H groups in total. The zero-order valence-electron chi connectivity index (χ0n) is 12.3. The fourth-order valence-corrected chi connectivity index (χ4v) is 3.97. The molecule has 1 saturated heterocycles. The van der Waals surface area contributed by atoms with Crippen LogP contribution in [0.1, 0.15) is 18.9 Å². The van der Waals surface area contributed by atoms with Gasteiger partial charge >= 0.3 is 0 Å². The molecule has 1 fully saturated rings. The van der Waals surface area contributed by atoms with Gasteiger partial charge in [0.25, 0.3) is 5.91 Å². The number of carbonyl (C=O) groups excluding carboxylic acids is 1. The largest absolute Gasteiger partial charge is 0.379 e. The zero-order chi connectivity index (χ0) is 15.7. The van der Waals surface area contributed by atoms with Crippen LogP contribution in [0.5, 0.6) is 0 Å². The Bertz CT molecular complexity index is 654. The lowest BCUT2D eigenvalue weighted by atomic mass is 9.94. The van der Waals surface area contributed by atoms with Crippen molar-refractivity contribution in [3.63, 3.8) is 0 Å². The molecule has 0 aliphatic carbocycles. The molecule has 5 nitrogen and oxygen atoms in total. The van der Waals surface area contributed by atoms with Crippen molar-refractivity contribution in [1.29, 1.82) is 0 Å². The van der Waals surface area contributed by atoms with Crippen molar-refractivity contribution in [2.75, 3.05) is 24.6 Å². The highest BCUT2D eigenvalue weighted by Gasteiger charge is 2.45. The maximum absolute atomic E-state index is 12.7. The first kappa shape index (κ1) is 15.5. The Hall–Kier alpha value is -1.40. The van der Waals surface area contributed by atoms with Gasteiger partial charge in [0.2, 0.25) is 5.60 Å². The molecule has 7 heteroatoms. The van der Waals surface area contributed by atoms with Crippen LogP contribution in [0, 0.1) is 0 Å². The molecule has 0 spiro atoms. The molecule has 2 heterocycles. The Labute approximate surface area is 136 Å². The third-order valence-corrected chi connectivity index (χ3v) is 5.57. The second-order valence-electron chi connectivity index (χ2n) is 5.66. The van der Waals surface area contributed by atoms with Gasteiger partial charge in [-0.3, -0.25) is 9.00 Å². The van der Waals surface area contributed by atoms with Crippen LogP contribution in [-0.4, -0.2) is 50.9 Å². The van der Waals surface area contributed by atoms with Gasteiger partial charge in [0, 0.05) is 52.4 Å². The van der Waals surface area contributed by atoms with Gasteiger partial charge in [-0.05, 0) is 13.0 Å². The minimum absolute atomic E-state index is 0.102. The van der Waals surface area contributed by atoms with E-state index >= 15 is 0 Å². The number of carbonyl (C=O) groups is 1. The summed E-state index contributed by atoms with van der Waals surface area (Å²) in [5.74, 6) is 0.954. The van der Waals surface area contributed by atoms with E-state index in [0.29, 0.717) is 41.8 Å². The summed E-state index contributed by atoms with van der Waals surface area (Å²) in [6, 6.07) is 7.38.